The summed E-state index contributed by atoms with van der Waals surface area (Å²) in [5.41, 5.74) is 4.45. The van der Waals surface area contributed by atoms with Crippen molar-refractivity contribution in [1.82, 2.24) is 4.57 Å². The van der Waals surface area contributed by atoms with Crippen molar-refractivity contribution in [3.05, 3.63) is 63.1 Å². The first-order chi connectivity index (χ1) is 13.5. The van der Waals surface area contributed by atoms with Crippen molar-refractivity contribution in [2.75, 3.05) is 6.61 Å². The second-order valence-corrected chi connectivity index (χ2v) is 8.53. The number of carbonyl (C=O) groups is 1. The molecule has 0 aliphatic carbocycles. The topological polar surface area (TPSA) is 31.2 Å². The van der Waals surface area contributed by atoms with Crippen LogP contribution in [0.15, 0.2) is 41.9 Å². The lowest BCUT2D eigenvalue weighted by molar-refractivity contribution is -0.142. The van der Waals surface area contributed by atoms with Crippen LogP contribution >= 0.6 is 34.5 Å². The maximum atomic E-state index is 12.0. The normalized spacial score (nSPS) is 11.4. The predicted octanol–water partition coefficient (Wildman–Crippen LogP) is 4.58. The number of aromatic nitrogens is 1. The first kappa shape index (κ1) is 19.4. The van der Waals surface area contributed by atoms with Crippen LogP contribution in [0.25, 0.3) is 21.0 Å². The third-order valence-electron chi connectivity index (χ3n) is 4.80. The van der Waals surface area contributed by atoms with E-state index in [0.29, 0.717) is 23.2 Å². The minimum absolute atomic E-state index is 0.204. The van der Waals surface area contributed by atoms with Crippen LogP contribution < -0.4 is 5.46 Å². The second-order valence-electron chi connectivity index (χ2n) is 6.81. The number of hydrogen-bond donors (Lipinski definition) is 0. The minimum atomic E-state index is -0.204. The van der Waals surface area contributed by atoms with Crippen LogP contribution in [0.5, 0.6) is 0 Å². The van der Waals surface area contributed by atoms with Gasteiger partial charge < -0.3 is 9.30 Å². The van der Waals surface area contributed by atoms with Crippen LogP contribution in [0.2, 0.25) is 10.0 Å². The molecule has 0 bridgehead atoms. The third-order valence-corrected chi connectivity index (χ3v) is 6.51. The Morgan fingerprint density at radius 3 is 2.71 bits per heavy atom. The van der Waals surface area contributed by atoms with Crippen LogP contribution in [-0.4, -0.2) is 25.0 Å². The summed E-state index contributed by atoms with van der Waals surface area (Å²) in [6.45, 7) is 2.91. The van der Waals surface area contributed by atoms with E-state index in [1.165, 1.54) is 11.0 Å². The molecular formula is C21H18BCl2NO2S. The number of ether oxygens (including phenoxy) is 1. The number of hydrogen-bond acceptors (Lipinski definition) is 3. The molecule has 0 amide bonds. The Balaban J connectivity index is 1.77. The van der Waals surface area contributed by atoms with Crippen LogP contribution in [0.1, 0.15) is 18.1 Å². The Labute approximate surface area is 178 Å². The van der Waals surface area contributed by atoms with Crippen molar-refractivity contribution in [2.24, 2.45) is 0 Å². The van der Waals surface area contributed by atoms with Crippen molar-refractivity contribution in [3.8, 4) is 0 Å². The predicted molar refractivity (Wildman–Crippen MR) is 121 cm³/mol. The average Bonchev–Trinajstić information content (AvgIpc) is 3.17. The molecule has 0 radical (unpaired) electrons. The van der Waals surface area contributed by atoms with Gasteiger partial charge in [-0.05, 0) is 47.0 Å². The molecule has 0 saturated heterocycles. The number of benzene rings is 2. The lowest BCUT2D eigenvalue weighted by Gasteiger charge is -2.06. The first-order valence-corrected chi connectivity index (χ1v) is 10.7. The van der Waals surface area contributed by atoms with Gasteiger partial charge in [-0.1, -0.05) is 40.8 Å². The summed E-state index contributed by atoms with van der Waals surface area (Å²) >= 11 is 14.1. The first-order valence-electron chi connectivity index (χ1n) is 9.05. The van der Waals surface area contributed by atoms with Gasteiger partial charge in [-0.15, -0.1) is 11.3 Å². The molecule has 142 valence electrons. The molecular weight excluding hydrogens is 412 g/mol. The molecule has 7 heteroatoms. The summed E-state index contributed by atoms with van der Waals surface area (Å²) < 4.78 is 8.45. The van der Waals surface area contributed by atoms with Crippen molar-refractivity contribution in [2.45, 2.75) is 19.9 Å². The van der Waals surface area contributed by atoms with E-state index in [2.05, 4.69) is 42.2 Å². The molecule has 4 aromatic rings. The van der Waals surface area contributed by atoms with Crippen LogP contribution in [-0.2, 0) is 22.5 Å². The molecule has 0 unspecified atom stereocenters. The molecule has 4 rings (SSSR count). The molecule has 2 aromatic carbocycles. The number of thiophene rings is 1. The van der Waals surface area contributed by atoms with Crippen LogP contribution in [0, 0.1) is 0 Å². The summed E-state index contributed by atoms with van der Waals surface area (Å²) in [7, 11) is 2.07. The highest BCUT2D eigenvalue weighted by molar-refractivity contribution is 7.17. The fourth-order valence-electron chi connectivity index (χ4n) is 3.50. The fourth-order valence-corrected chi connectivity index (χ4v) is 4.86. The Morgan fingerprint density at radius 2 is 1.93 bits per heavy atom. The number of fused-ring (bicyclic) bond motifs is 2. The molecule has 0 spiro atoms. The van der Waals surface area contributed by atoms with Crippen molar-refractivity contribution < 1.29 is 9.53 Å². The van der Waals surface area contributed by atoms with E-state index >= 15 is 0 Å². The highest BCUT2D eigenvalue weighted by Crippen LogP contribution is 2.34. The van der Waals surface area contributed by atoms with E-state index in [0.717, 1.165) is 26.6 Å². The molecule has 0 fully saturated rings. The van der Waals surface area contributed by atoms with Gasteiger partial charge in [-0.25, -0.2) is 0 Å². The Hall–Kier alpha value is -1.95. The SMILES string of the molecule is Bc1ccc2c(CC(=O)OCC)cn(Cc3csc4cc(Cl)c(Cl)cc34)c2c1. The zero-order valence-corrected chi connectivity index (χ0v) is 17.9. The fraction of sp³-hybridized carbons (Fsp3) is 0.190. The van der Waals surface area contributed by atoms with E-state index in [1.807, 2.05) is 19.1 Å². The second kappa shape index (κ2) is 7.82. The summed E-state index contributed by atoms with van der Waals surface area (Å²) in [4.78, 5) is 12.0. The summed E-state index contributed by atoms with van der Waals surface area (Å²) in [5.74, 6) is -0.204. The maximum absolute atomic E-state index is 12.0. The van der Waals surface area contributed by atoms with Crippen molar-refractivity contribution >= 4 is 74.8 Å². The molecule has 2 heterocycles. The third kappa shape index (κ3) is 3.67. The Bertz CT molecular complexity index is 1200. The summed E-state index contributed by atoms with van der Waals surface area (Å²) in [6.07, 6.45) is 2.33. The monoisotopic (exact) mass is 429 g/mol. The van der Waals surface area contributed by atoms with Gasteiger partial charge >= 0.3 is 5.97 Å². The average molecular weight is 430 g/mol. The molecule has 2 aromatic heterocycles. The van der Waals surface area contributed by atoms with Crippen LogP contribution in [0.4, 0.5) is 0 Å². The van der Waals surface area contributed by atoms with Gasteiger partial charge in [0.25, 0.3) is 0 Å². The molecule has 0 atom stereocenters. The van der Waals surface area contributed by atoms with Gasteiger partial charge in [-0.2, -0.15) is 0 Å². The Kier molecular flexibility index (Phi) is 5.41. The highest BCUT2D eigenvalue weighted by Gasteiger charge is 2.15. The van der Waals surface area contributed by atoms with Crippen molar-refractivity contribution in [1.29, 1.82) is 0 Å². The largest absolute Gasteiger partial charge is 0.466 e. The van der Waals surface area contributed by atoms with Gasteiger partial charge in [0, 0.05) is 28.3 Å². The van der Waals surface area contributed by atoms with Gasteiger partial charge in [0.05, 0.1) is 23.1 Å². The molecule has 28 heavy (non-hydrogen) atoms. The van der Waals surface area contributed by atoms with Gasteiger partial charge in [0.15, 0.2) is 0 Å². The van der Waals surface area contributed by atoms with Crippen LogP contribution in [0.3, 0.4) is 0 Å². The molecule has 0 N–H and O–H groups in total. The maximum Gasteiger partial charge on any atom is 0.310 e. The molecule has 0 aliphatic rings. The number of esters is 1. The quantitative estimate of drug-likeness (QED) is 0.343. The number of rotatable bonds is 5. The van der Waals surface area contributed by atoms with E-state index in [9.17, 15) is 4.79 Å². The summed E-state index contributed by atoms with van der Waals surface area (Å²) in [6, 6.07) is 10.2. The smallest absolute Gasteiger partial charge is 0.310 e. The van der Waals surface area contributed by atoms with E-state index in [1.54, 1.807) is 11.3 Å². The minimum Gasteiger partial charge on any atom is -0.466 e. The zero-order valence-electron chi connectivity index (χ0n) is 15.6. The van der Waals surface area contributed by atoms with Gasteiger partial charge in [-0.3, -0.25) is 4.79 Å². The number of carbonyl (C=O) groups excluding carboxylic acids is 1. The van der Waals surface area contributed by atoms with E-state index in [-0.39, 0.29) is 12.4 Å². The van der Waals surface area contributed by atoms with Gasteiger partial charge in [0.2, 0.25) is 0 Å². The van der Waals surface area contributed by atoms with Gasteiger partial charge in [0.1, 0.15) is 7.85 Å². The van der Waals surface area contributed by atoms with E-state index in [4.69, 9.17) is 27.9 Å². The molecule has 0 aliphatic heterocycles. The van der Waals surface area contributed by atoms with Crippen molar-refractivity contribution in [3.63, 3.8) is 0 Å². The number of nitrogens with zero attached hydrogens (tertiary/aromatic N) is 1. The lowest BCUT2D eigenvalue weighted by Crippen LogP contribution is -2.07. The summed E-state index contributed by atoms with van der Waals surface area (Å²) in [5, 5.41) is 5.47. The molecule has 0 saturated carbocycles. The standard InChI is InChI=1S/C21H18BCl2NO2S/c1-2-27-21(26)5-12-9-25(19-6-14(22)3-4-15(12)19)10-13-11-28-20-8-18(24)17(23)7-16(13)20/h3-4,6-9,11H,2,5,10,22H2,1H3. The number of halogens is 2. The lowest BCUT2D eigenvalue weighted by atomic mass is 9.94. The highest BCUT2D eigenvalue weighted by atomic mass is 35.5. The van der Waals surface area contributed by atoms with E-state index < -0.39 is 0 Å². The molecule has 3 nitrogen and oxygen atoms in total. The Morgan fingerprint density at radius 1 is 1.14 bits per heavy atom. The zero-order chi connectivity index (χ0) is 19.8.